The first-order chi connectivity index (χ1) is 12.5. The Bertz CT molecular complexity index is 1070. The molecule has 5 nitrogen and oxygen atoms in total. The first-order valence-electron chi connectivity index (χ1n) is 8.37. The number of carbonyl (C=O) groups is 1. The van der Waals surface area contributed by atoms with E-state index in [1.807, 2.05) is 24.3 Å². The second-order valence-corrected chi connectivity index (χ2v) is 7.74. The summed E-state index contributed by atoms with van der Waals surface area (Å²) in [6, 6.07) is 19.0. The molecule has 0 aliphatic carbocycles. The second kappa shape index (κ2) is 6.46. The lowest BCUT2D eigenvalue weighted by Gasteiger charge is -2.16. The van der Waals surface area contributed by atoms with Crippen LogP contribution in [0.15, 0.2) is 71.6 Å². The van der Waals surface area contributed by atoms with Crippen molar-refractivity contribution < 1.29 is 17.4 Å². The van der Waals surface area contributed by atoms with E-state index in [2.05, 4.69) is 0 Å². The normalized spacial score (nSPS) is 14.8. The monoisotopic (exact) mass is 367 g/mol. The Labute approximate surface area is 151 Å². The van der Waals surface area contributed by atoms with E-state index in [0.29, 0.717) is 13.0 Å². The third-order valence-electron chi connectivity index (χ3n) is 4.44. The van der Waals surface area contributed by atoms with Crippen LogP contribution in [0.5, 0.6) is 5.75 Å². The molecule has 0 N–H and O–H groups in total. The molecule has 1 heterocycles. The molecule has 1 aliphatic heterocycles. The van der Waals surface area contributed by atoms with Crippen molar-refractivity contribution in [1.82, 2.24) is 0 Å². The van der Waals surface area contributed by atoms with Gasteiger partial charge in [0.05, 0.1) is 0 Å². The fourth-order valence-electron chi connectivity index (χ4n) is 3.10. The van der Waals surface area contributed by atoms with Gasteiger partial charge in [-0.3, -0.25) is 4.79 Å². The Morgan fingerprint density at radius 2 is 1.62 bits per heavy atom. The molecule has 4 rings (SSSR count). The topological polar surface area (TPSA) is 63.7 Å². The average Bonchev–Trinajstić information content (AvgIpc) is 3.07. The van der Waals surface area contributed by atoms with Crippen LogP contribution in [-0.2, 0) is 14.9 Å². The van der Waals surface area contributed by atoms with Gasteiger partial charge < -0.3 is 9.08 Å². The maximum absolute atomic E-state index is 12.6. The standard InChI is InChI=1S/C20H17NO4S/c22-20-6-3-13-21(20)17-8-10-18(11-9-17)25-26(23,24)19-12-7-15-4-1-2-5-16(15)14-19/h1-2,4-5,7-12,14H,3,6,13H2. The summed E-state index contributed by atoms with van der Waals surface area (Å²) in [7, 11) is -3.93. The van der Waals surface area contributed by atoms with E-state index in [4.69, 9.17) is 4.18 Å². The molecule has 0 spiro atoms. The molecule has 1 fully saturated rings. The molecule has 6 heteroatoms. The zero-order chi connectivity index (χ0) is 18.1. The van der Waals surface area contributed by atoms with Crippen molar-refractivity contribution in [3.05, 3.63) is 66.7 Å². The molecule has 0 bridgehead atoms. The van der Waals surface area contributed by atoms with Crippen LogP contribution in [0.2, 0.25) is 0 Å². The van der Waals surface area contributed by atoms with Crippen LogP contribution in [0, 0.1) is 0 Å². The smallest absolute Gasteiger partial charge is 0.339 e. The Morgan fingerprint density at radius 3 is 2.31 bits per heavy atom. The van der Waals surface area contributed by atoms with Crippen molar-refractivity contribution in [2.45, 2.75) is 17.7 Å². The van der Waals surface area contributed by atoms with Crippen LogP contribution in [0.3, 0.4) is 0 Å². The van der Waals surface area contributed by atoms with Gasteiger partial charge in [0.2, 0.25) is 5.91 Å². The largest absolute Gasteiger partial charge is 0.379 e. The van der Waals surface area contributed by atoms with Crippen molar-refractivity contribution >= 4 is 32.5 Å². The van der Waals surface area contributed by atoms with Gasteiger partial charge in [0.25, 0.3) is 0 Å². The predicted octanol–water partition coefficient (Wildman–Crippen LogP) is 3.73. The molecular weight excluding hydrogens is 350 g/mol. The lowest BCUT2D eigenvalue weighted by atomic mass is 10.1. The Hall–Kier alpha value is -2.86. The van der Waals surface area contributed by atoms with Gasteiger partial charge in [0.1, 0.15) is 10.6 Å². The van der Waals surface area contributed by atoms with E-state index in [9.17, 15) is 13.2 Å². The zero-order valence-electron chi connectivity index (χ0n) is 14.0. The van der Waals surface area contributed by atoms with Gasteiger partial charge >= 0.3 is 10.1 Å². The second-order valence-electron chi connectivity index (χ2n) is 6.19. The Balaban J connectivity index is 1.57. The molecule has 0 unspecified atom stereocenters. The summed E-state index contributed by atoms with van der Waals surface area (Å²) in [4.78, 5) is 13.6. The molecule has 132 valence electrons. The Kier molecular flexibility index (Phi) is 4.12. The highest BCUT2D eigenvalue weighted by atomic mass is 32.2. The maximum atomic E-state index is 12.6. The van der Waals surface area contributed by atoms with Crippen molar-refractivity contribution in [1.29, 1.82) is 0 Å². The van der Waals surface area contributed by atoms with Crippen LogP contribution in [0.4, 0.5) is 5.69 Å². The number of rotatable bonds is 4. The summed E-state index contributed by atoms with van der Waals surface area (Å²) in [5.41, 5.74) is 0.753. The number of hydrogen-bond donors (Lipinski definition) is 0. The zero-order valence-corrected chi connectivity index (χ0v) is 14.8. The number of hydrogen-bond acceptors (Lipinski definition) is 4. The fraction of sp³-hybridized carbons (Fsp3) is 0.150. The van der Waals surface area contributed by atoms with E-state index < -0.39 is 10.1 Å². The molecule has 0 atom stereocenters. The van der Waals surface area contributed by atoms with E-state index in [-0.39, 0.29) is 16.6 Å². The lowest BCUT2D eigenvalue weighted by molar-refractivity contribution is -0.117. The number of anilines is 1. The van der Waals surface area contributed by atoms with Crippen molar-refractivity contribution in [3.63, 3.8) is 0 Å². The Morgan fingerprint density at radius 1 is 0.885 bits per heavy atom. The fourth-order valence-corrected chi connectivity index (χ4v) is 4.07. The molecule has 26 heavy (non-hydrogen) atoms. The molecule has 3 aromatic rings. The number of amides is 1. The van der Waals surface area contributed by atoms with Crippen LogP contribution in [0.25, 0.3) is 10.8 Å². The van der Waals surface area contributed by atoms with Gasteiger partial charge in [0.15, 0.2) is 0 Å². The number of benzene rings is 3. The summed E-state index contributed by atoms with van der Waals surface area (Å²) < 4.78 is 30.4. The highest BCUT2D eigenvalue weighted by molar-refractivity contribution is 7.87. The third-order valence-corrected chi connectivity index (χ3v) is 5.68. The summed E-state index contributed by atoms with van der Waals surface area (Å²) in [6.45, 7) is 0.689. The van der Waals surface area contributed by atoms with Crippen LogP contribution in [0.1, 0.15) is 12.8 Å². The van der Waals surface area contributed by atoms with Crippen LogP contribution in [-0.4, -0.2) is 20.9 Å². The SMILES string of the molecule is O=C1CCCN1c1ccc(OS(=O)(=O)c2ccc3ccccc3c2)cc1. The number of carbonyl (C=O) groups excluding carboxylic acids is 1. The molecule has 1 amide bonds. The molecule has 0 aromatic heterocycles. The van der Waals surface area contributed by atoms with E-state index in [1.165, 1.54) is 6.07 Å². The molecular formula is C20H17NO4S. The van der Waals surface area contributed by atoms with Crippen LogP contribution < -0.4 is 9.08 Å². The van der Waals surface area contributed by atoms with Gasteiger partial charge in [-0.15, -0.1) is 0 Å². The predicted molar refractivity (Wildman–Crippen MR) is 99.8 cm³/mol. The van der Waals surface area contributed by atoms with Gasteiger partial charge in [-0.05, 0) is 53.6 Å². The average molecular weight is 367 g/mol. The first-order valence-corrected chi connectivity index (χ1v) is 9.77. The van der Waals surface area contributed by atoms with Gasteiger partial charge in [-0.1, -0.05) is 30.3 Å². The summed E-state index contributed by atoms with van der Waals surface area (Å²) in [6.07, 6.45) is 1.39. The summed E-state index contributed by atoms with van der Waals surface area (Å²) in [5, 5.41) is 1.80. The van der Waals surface area contributed by atoms with Crippen molar-refractivity contribution in [3.8, 4) is 5.75 Å². The quantitative estimate of drug-likeness (QED) is 0.659. The minimum Gasteiger partial charge on any atom is -0.379 e. The highest BCUT2D eigenvalue weighted by Crippen LogP contribution is 2.26. The van der Waals surface area contributed by atoms with Gasteiger partial charge in [0, 0.05) is 18.7 Å². The van der Waals surface area contributed by atoms with E-state index in [1.54, 1.807) is 41.3 Å². The van der Waals surface area contributed by atoms with Gasteiger partial charge in [-0.25, -0.2) is 0 Å². The maximum Gasteiger partial charge on any atom is 0.339 e. The summed E-state index contributed by atoms with van der Waals surface area (Å²) >= 11 is 0. The minimum absolute atomic E-state index is 0.0856. The molecule has 1 aliphatic rings. The van der Waals surface area contributed by atoms with E-state index >= 15 is 0 Å². The van der Waals surface area contributed by atoms with E-state index in [0.717, 1.165) is 22.9 Å². The lowest BCUT2D eigenvalue weighted by Crippen LogP contribution is -2.23. The first kappa shape index (κ1) is 16.6. The number of fused-ring (bicyclic) bond motifs is 1. The highest BCUT2D eigenvalue weighted by Gasteiger charge is 2.22. The molecule has 1 saturated heterocycles. The molecule has 3 aromatic carbocycles. The number of nitrogens with zero attached hydrogens (tertiary/aromatic N) is 1. The van der Waals surface area contributed by atoms with Crippen molar-refractivity contribution in [2.75, 3.05) is 11.4 Å². The minimum atomic E-state index is -3.93. The van der Waals surface area contributed by atoms with Gasteiger partial charge in [-0.2, -0.15) is 8.42 Å². The van der Waals surface area contributed by atoms with Crippen LogP contribution >= 0.6 is 0 Å². The van der Waals surface area contributed by atoms with Crippen molar-refractivity contribution in [2.24, 2.45) is 0 Å². The molecule has 0 radical (unpaired) electrons. The summed E-state index contributed by atoms with van der Waals surface area (Å²) in [5.74, 6) is 0.302. The third kappa shape index (κ3) is 3.15. The molecule has 0 saturated carbocycles.